The molecule has 2 rings (SSSR count). The van der Waals surface area contributed by atoms with Gasteiger partial charge < -0.3 is 10.4 Å². The highest BCUT2D eigenvalue weighted by molar-refractivity contribution is 5.88. The molecular weight excluding hydrogens is 264 g/mol. The van der Waals surface area contributed by atoms with Crippen LogP contribution in [0.15, 0.2) is 36.4 Å². The molecule has 0 aliphatic heterocycles. The maximum atomic E-state index is 13.6. The monoisotopic (exact) mass is 277 g/mol. The average Bonchev–Trinajstić information content (AvgIpc) is 2.41. The summed E-state index contributed by atoms with van der Waals surface area (Å²) in [5.74, 6) is -2.05. The van der Waals surface area contributed by atoms with Crippen molar-refractivity contribution in [2.45, 2.75) is 13.5 Å². The summed E-state index contributed by atoms with van der Waals surface area (Å²) in [6.07, 6.45) is 0. The number of carboxylic acids is 1. The molecular formula is C15H13F2NO2. The smallest absolute Gasteiger partial charge is 0.335 e. The van der Waals surface area contributed by atoms with Gasteiger partial charge >= 0.3 is 5.97 Å². The molecule has 0 fully saturated rings. The Labute approximate surface area is 114 Å². The second-order valence-corrected chi connectivity index (χ2v) is 4.42. The lowest BCUT2D eigenvalue weighted by Gasteiger charge is -2.10. The third kappa shape index (κ3) is 3.12. The fourth-order valence-corrected chi connectivity index (χ4v) is 1.81. The van der Waals surface area contributed by atoms with Gasteiger partial charge in [-0.3, -0.25) is 0 Å². The number of carboxylic acid groups (broad SMARTS) is 1. The number of aryl methyl sites for hydroxylation is 1. The van der Waals surface area contributed by atoms with Crippen LogP contribution in [0.4, 0.5) is 14.5 Å². The highest BCUT2D eigenvalue weighted by Gasteiger charge is 2.09. The highest BCUT2D eigenvalue weighted by atomic mass is 19.1. The number of carbonyl (C=O) groups is 1. The van der Waals surface area contributed by atoms with E-state index in [0.29, 0.717) is 5.56 Å². The van der Waals surface area contributed by atoms with Gasteiger partial charge in [-0.1, -0.05) is 6.07 Å². The summed E-state index contributed by atoms with van der Waals surface area (Å²) in [5.41, 5.74) is 1.62. The molecule has 0 atom stereocenters. The molecule has 0 bridgehead atoms. The fraction of sp³-hybridized carbons (Fsp3) is 0.133. The van der Waals surface area contributed by atoms with Gasteiger partial charge in [0.05, 0.1) is 11.3 Å². The third-order valence-corrected chi connectivity index (χ3v) is 2.99. The Morgan fingerprint density at radius 1 is 1.20 bits per heavy atom. The van der Waals surface area contributed by atoms with Gasteiger partial charge in [-0.05, 0) is 48.4 Å². The second-order valence-electron chi connectivity index (χ2n) is 4.42. The SMILES string of the molecule is Cc1ccc(F)cc1CNc1cc(C(=O)O)ccc1F. The summed E-state index contributed by atoms with van der Waals surface area (Å²) in [7, 11) is 0. The van der Waals surface area contributed by atoms with Gasteiger partial charge in [-0.15, -0.1) is 0 Å². The van der Waals surface area contributed by atoms with Crippen LogP contribution in [-0.2, 0) is 6.54 Å². The lowest BCUT2D eigenvalue weighted by molar-refractivity contribution is 0.0697. The first kappa shape index (κ1) is 14.0. The second kappa shape index (κ2) is 5.69. The number of anilines is 1. The molecule has 0 spiro atoms. The quantitative estimate of drug-likeness (QED) is 0.898. The van der Waals surface area contributed by atoms with E-state index in [1.54, 1.807) is 6.07 Å². The highest BCUT2D eigenvalue weighted by Crippen LogP contribution is 2.18. The zero-order valence-electron chi connectivity index (χ0n) is 10.8. The first-order chi connectivity index (χ1) is 9.47. The van der Waals surface area contributed by atoms with Crippen molar-refractivity contribution < 1.29 is 18.7 Å². The van der Waals surface area contributed by atoms with Crippen molar-refractivity contribution in [1.29, 1.82) is 0 Å². The Balaban J connectivity index is 2.20. The van der Waals surface area contributed by atoms with Gasteiger partial charge in [0.25, 0.3) is 0 Å². The minimum absolute atomic E-state index is 0.00939. The largest absolute Gasteiger partial charge is 0.478 e. The topological polar surface area (TPSA) is 49.3 Å². The van der Waals surface area contributed by atoms with Gasteiger partial charge in [0, 0.05) is 6.54 Å². The zero-order chi connectivity index (χ0) is 14.7. The standard InChI is InChI=1S/C15H13F2NO2/c1-9-2-4-12(16)6-11(9)8-18-14-7-10(15(19)20)3-5-13(14)17/h2-7,18H,8H2,1H3,(H,19,20). The van der Waals surface area contributed by atoms with Crippen molar-refractivity contribution >= 4 is 11.7 Å². The number of benzene rings is 2. The number of hydrogen-bond donors (Lipinski definition) is 2. The molecule has 0 radical (unpaired) electrons. The van der Waals surface area contributed by atoms with Crippen molar-refractivity contribution in [2.24, 2.45) is 0 Å². The summed E-state index contributed by atoms with van der Waals surface area (Å²) in [6, 6.07) is 7.84. The average molecular weight is 277 g/mol. The molecule has 104 valence electrons. The Bertz CT molecular complexity index is 656. The van der Waals surface area contributed by atoms with E-state index in [9.17, 15) is 13.6 Å². The lowest BCUT2D eigenvalue weighted by Crippen LogP contribution is -2.05. The molecule has 2 aromatic carbocycles. The maximum Gasteiger partial charge on any atom is 0.335 e. The number of nitrogens with one attached hydrogen (secondary N) is 1. The zero-order valence-corrected chi connectivity index (χ0v) is 10.8. The minimum atomic E-state index is -1.13. The molecule has 2 aromatic rings. The van der Waals surface area contributed by atoms with Crippen LogP contribution in [0.2, 0.25) is 0 Å². The van der Waals surface area contributed by atoms with Crippen molar-refractivity contribution in [3.8, 4) is 0 Å². The van der Waals surface area contributed by atoms with Crippen LogP contribution in [-0.4, -0.2) is 11.1 Å². The Morgan fingerprint density at radius 3 is 2.65 bits per heavy atom. The summed E-state index contributed by atoms with van der Waals surface area (Å²) in [5, 5.41) is 11.7. The van der Waals surface area contributed by atoms with Crippen LogP contribution in [0, 0.1) is 18.6 Å². The molecule has 3 nitrogen and oxygen atoms in total. The first-order valence-corrected chi connectivity index (χ1v) is 5.99. The molecule has 0 amide bonds. The summed E-state index contributed by atoms with van der Waals surface area (Å²) in [4.78, 5) is 10.8. The van der Waals surface area contributed by atoms with Gasteiger partial charge in [-0.2, -0.15) is 0 Å². The molecule has 0 aliphatic carbocycles. The summed E-state index contributed by atoms with van der Waals surface area (Å²) < 4.78 is 26.7. The third-order valence-electron chi connectivity index (χ3n) is 2.99. The van der Waals surface area contributed by atoms with Crippen molar-refractivity contribution in [1.82, 2.24) is 0 Å². The molecule has 0 saturated heterocycles. The van der Waals surface area contributed by atoms with Crippen LogP contribution in [0.3, 0.4) is 0 Å². The Morgan fingerprint density at radius 2 is 1.95 bits per heavy atom. The number of hydrogen-bond acceptors (Lipinski definition) is 2. The fourth-order valence-electron chi connectivity index (χ4n) is 1.81. The molecule has 2 N–H and O–H groups in total. The van der Waals surface area contributed by atoms with E-state index >= 15 is 0 Å². The van der Waals surface area contributed by atoms with Crippen LogP contribution in [0.1, 0.15) is 21.5 Å². The van der Waals surface area contributed by atoms with Crippen LogP contribution >= 0.6 is 0 Å². The van der Waals surface area contributed by atoms with Crippen LogP contribution in [0.25, 0.3) is 0 Å². The molecule has 0 heterocycles. The minimum Gasteiger partial charge on any atom is -0.478 e. The Kier molecular flexibility index (Phi) is 3.98. The van der Waals surface area contributed by atoms with E-state index in [0.717, 1.165) is 11.6 Å². The first-order valence-electron chi connectivity index (χ1n) is 5.99. The predicted octanol–water partition coefficient (Wildman–Crippen LogP) is 3.58. The normalized spacial score (nSPS) is 10.3. The van der Waals surface area contributed by atoms with Gasteiger partial charge in [0.15, 0.2) is 0 Å². The number of aromatic carboxylic acids is 1. The molecule has 5 heteroatoms. The van der Waals surface area contributed by atoms with Crippen LogP contribution in [0.5, 0.6) is 0 Å². The van der Waals surface area contributed by atoms with E-state index in [4.69, 9.17) is 5.11 Å². The Hall–Kier alpha value is -2.43. The van der Waals surface area contributed by atoms with E-state index in [2.05, 4.69) is 5.32 Å². The van der Waals surface area contributed by atoms with Gasteiger partial charge in [-0.25, -0.2) is 13.6 Å². The molecule has 0 unspecified atom stereocenters. The van der Waals surface area contributed by atoms with E-state index in [1.165, 1.54) is 24.3 Å². The number of rotatable bonds is 4. The van der Waals surface area contributed by atoms with Crippen molar-refractivity contribution in [3.63, 3.8) is 0 Å². The van der Waals surface area contributed by atoms with E-state index in [1.807, 2.05) is 6.92 Å². The number of halogens is 2. The molecule has 20 heavy (non-hydrogen) atoms. The molecule has 0 aromatic heterocycles. The van der Waals surface area contributed by atoms with Gasteiger partial charge in [0.2, 0.25) is 0 Å². The maximum absolute atomic E-state index is 13.6. The van der Waals surface area contributed by atoms with Crippen molar-refractivity contribution in [3.05, 3.63) is 64.7 Å². The lowest BCUT2D eigenvalue weighted by atomic mass is 10.1. The van der Waals surface area contributed by atoms with E-state index in [-0.39, 0.29) is 23.6 Å². The molecule has 0 saturated carbocycles. The summed E-state index contributed by atoms with van der Waals surface area (Å²) in [6.45, 7) is 2.03. The van der Waals surface area contributed by atoms with Crippen LogP contribution < -0.4 is 5.32 Å². The van der Waals surface area contributed by atoms with Crippen molar-refractivity contribution in [2.75, 3.05) is 5.32 Å². The summed E-state index contributed by atoms with van der Waals surface area (Å²) >= 11 is 0. The molecule has 0 aliphatic rings. The van der Waals surface area contributed by atoms with E-state index < -0.39 is 11.8 Å². The predicted molar refractivity (Wildman–Crippen MR) is 71.8 cm³/mol. The van der Waals surface area contributed by atoms with Gasteiger partial charge in [0.1, 0.15) is 11.6 Å².